The molecule has 0 saturated heterocycles. The summed E-state index contributed by atoms with van der Waals surface area (Å²) >= 11 is 0. The molecule has 0 amide bonds. The van der Waals surface area contributed by atoms with Gasteiger partial charge < -0.3 is 26.0 Å². The average molecular weight is 304 g/mol. The van der Waals surface area contributed by atoms with E-state index in [0.717, 1.165) is 32.2 Å². The van der Waals surface area contributed by atoms with Crippen LogP contribution in [0, 0.1) is 0 Å². The standard InChI is InChI=1S/C13H24N2O6/c16-11(17)5-8-14-6-3-1-2-4-7-15-10(13(20)21)9-12(18)19/h10,14-15H,1-9H2,(H,16,17)(H,18,19)(H,20,21). The van der Waals surface area contributed by atoms with Crippen LogP contribution in [-0.2, 0) is 14.4 Å². The Kier molecular flexibility index (Phi) is 11.1. The maximum Gasteiger partial charge on any atom is 0.321 e. The lowest BCUT2D eigenvalue weighted by Crippen LogP contribution is -2.39. The summed E-state index contributed by atoms with van der Waals surface area (Å²) in [5, 5.41) is 31.5. The molecule has 0 aromatic rings. The first kappa shape index (κ1) is 19.3. The van der Waals surface area contributed by atoms with Crippen molar-refractivity contribution in [1.29, 1.82) is 0 Å². The average Bonchev–Trinajstić information content (AvgIpc) is 2.38. The van der Waals surface area contributed by atoms with E-state index >= 15 is 0 Å². The first-order valence-electron chi connectivity index (χ1n) is 7.04. The van der Waals surface area contributed by atoms with Gasteiger partial charge in [0.2, 0.25) is 0 Å². The minimum Gasteiger partial charge on any atom is -0.481 e. The van der Waals surface area contributed by atoms with Crippen molar-refractivity contribution in [1.82, 2.24) is 10.6 Å². The van der Waals surface area contributed by atoms with Crippen LogP contribution in [-0.4, -0.2) is 58.9 Å². The van der Waals surface area contributed by atoms with Crippen molar-refractivity contribution in [3.8, 4) is 0 Å². The van der Waals surface area contributed by atoms with E-state index in [9.17, 15) is 14.4 Å². The Bertz CT molecular complexity index is 335. The summed E-state index contributed by atoms with van der Waals surface area (Å²) in [6.45, 7) is 1.69. The molecule has 0 radical (unpaired) electrons. The number of carboxylic acids is 3. The van der Waals surface area contributed by atoms with Crippen LogP contribution in [0.2, 0.25) is 0 Å². The maximum atomic E-state index is 10.8. The van der Waals surface area contributed by atoms with Crippen LogP contribution in [0.3, 0.4) is 0 Å². The second-order valence-corrected chi connectivity index (χ2v) is 4.75. The van der Waals surface area contributed by atoms with Crippen LogP contribution < -0.4 is 10.6 Å². The molecular formula is C13H24N2O6. The minimum absolute atomic E-state index is 0.115. The first-order chi connectivity index (χ1) is 9.93. The monoisotopic (exact) mass is 304 g/mol. The molecule has 8 heteroatoms. The smallest absolute Gasteiger partial charge is 0.321 e. The van der Waals surface area contributed by atoms with Gasteiger partial charge in [-0.25, -0.2) is 0 Å². The minimum atomic E-state index is -1.15. The van der Waals surface area contributed by atoms with E-state index in [1.54, 1.807) is 0 Å². The molecule has 5 N–H and O–H groups in total. The van der Waals surface area contributed by atoms with Gasteiger partial charge in [0, 0.05) is 6.54 Å². The molecule has 0 saturated carbocycles. The fraction of sp³-hybridized carbons (Fsp3) is 0.769. The highest BCUT2D eigenvalue weighted by Crippen LogP contribution is 1.99. The van der Waals surface area contributed by atoms with Gasteiger partial charge in [-0.3, -0.25) is 14.4 Å². The first-order valence-corrected chi connectivity index (χ1v) is 7.04. The second-order valence-electron chi connectivity index (χ2n) is 4.75. The molecule has 0 aliphatic carbocycles. The normalized spacial score (nSPS) is 12.0. The number of carbonyl (C=O) groups is 3. The third-order valence-electron chi connectivity index (χ3n) is 2.86. The molecule has 0 aromatic heterocycles. The van der Waals surface area contributed by atoms with Gasteiger partial charge in [-0.1, -0.05) is 12.8 Å². The zero-order valence-electron chi connectivity index (χ0n) is 12.0. The van der Waals surface area contributed by atoms with E-state index in [0.29, 0.717) is 13.1 Å². The number of aliphatic carboxylic acids is 3. The summed E-state index contributed by atoms with van der Waals surface area (Å²) < 4.78 is 0. The highest BCUT2D eigenvalue weighted by Gasteiger charge is 2.19. The van der Waals surface area contributed by atoms with Gasteiger partial charge in [0.05, 0.1) is 12.8 Å². The van der Waals surface area contributed by atoms with Crippen LogP contribution >= 0.6 is 0 Å². The van der Waals surface area contributed by atoms with Crippen LogP contribution in [0.1, 0.15) is 38.5 Å². The van der Waals surface area contributed by atoms with Crippen LogP contribution in [0.4, 0.5) is 0 Å². The topological polar surface area (TPSA) is 136 Å². The summed E-state index contributed by atoms with van der Waals surface area (Å²) in [5.74, 6) is -3.11. The molecule has 1 unspecified atom stereocenters. The van der Waals surface area contributed by atoms with E-state index < -0.39 is 30.4 Å². The molecule has 0 bridgehead atoms. The number of nitrogens with one attached hydrogen (secondary N) is 2. The van der Waals surface area contributed by atoms with Gasteiger partial charge in [-0.05, 0) is 25.9 Å². The maximum absolute atomic E-state index is 10.8. The Morgan fingerprint density at radius 1 is 0.810 bits per heavy atom. The van der Waals surface area contributed by atoms with Crippen LogP contribution in [0.5, 0.6) is 0 Å². The predicted molar refractivity (Wildman–Crippen MR) is 75.3 cm³/mol. The zero-order chi connectivity index (χ0) is 16.1. The van der Waals surface area contributed by atoms with Gasteiger partial charge in [0.1, 0.15) is 6.04 Å². The molecule has 1 atom stereocenters. The van der Waals surface area contributed by atoms with Crippen LogP contribution in [0.25, 0.3) is 0 Å². The van der Waals surface area contributed by atoms with Gasteiger partial charge in [-0.15, -0.1) is 0 Å². The molecule has 8 nitrogen and oxygen atoms in total. The molecule has 0 aliphatic heterocycles. The van der Waals surface area contributed by atoms with Crippen LogP contribution in [0.15, 0.2) is 0 Å². The number of rotatable bonds is 14. The van der Waals surface area contributed by atoms with Gasteiger partial charge in [-0.2, -0.15) is 0 Å². The number of unbranched alkanes of at least 4 members (excludes halogenated alkanes) is 3. The lowest BCUT2D eigenvalue weighted by molar-refractivity contribution is -0.145. The van der Waals surface area contributed by atoms with Crippen molar-refractivity contribution in [2.75, 3.05) is 19.6 Å². The third-order valence-corrected chi connectivity index (χ3v) is 2.86. The van der Waals surface area contributed by atoms with Gasteiger partial charge in [0.25, 0.3) is 0 Å². The van der Waals surface area contributed by atoms with Crippen molar-refractivity contribution in [2.45, 2.75) is 44.6 Å². The number of hydrogen-bond acceptors (Lipinski definition) is 5. The lowest BCUT2D eigenvalue weighted by Gasteiger charge is -2.11. The van der Waals surface area contributed by atoms with E-state index in [4.69, 9.17) is 15.3 Å². The van der Waals surface area contributed by atoms with E-state index in [-0.39, 0.29) is 6.42 Å². The van der Waals surface area contributed by atoms with E-state index in [1.807, 2.05) is 0 Å². The molecule has 0 spiro atoms. The largest absolute Gasteiger partial charge is 0.481 e. The Morgan fingerprint density at radius 2 is 1.43 bits per heavy atom. The quantitative estimate of drug-likeness (QED) is 0.286. The fourth-order valence-corrected chi connectivity index (χ4v) is 1.75. The fourth-order valence-electron chi connectivity index (χ4n) is 1.75. The van der Waals surface area contributed by atoms with E-state index in [2.05, 4.69) is 10.6 Å². The summed E-state index contributed by atoms with van der Waals surface area (Å²) in [6, 6.07) is -1.04. The van der Waals surface area contributed by atoms with Crippen molar-refractivity contribution >= 4 is 17.9 Å². The van der Waals surface area contributed by atoms with E-state index in [1.165, 1.54) is 0 Å². The summed E-state index contributed by atoms with van der Waals surface area (Å²) in [5.41, 5.74) is 0. The van der Waals surface area contributed by atoms with Crippen molar-refractivity contribution in [3.05, 3.63) is 0 Å². The predicted octanol–water partition coefficient (Wildman–Crippen LogP) is 0.129. The second kappa shape index (κ2) is 12.1. The number of hydrogen-bond donors (Lipinski definition) is 5. The molecule has 21 heavy (non-hydrogen) atoms. The Labute approximate surface area is 123 Å². The summed E-state index contributed by atoms with van der Waals surface area (Å²) in [4.78, 5) is 31.5. The summed E-state index contributed by atoms with van der Waals surface area (Å²) in [7, 11) is 0. The molecular weight excluding hydrogens is 280 g/mol. The molecule has 0 heterocycles. The molecule has 0 aliphatic rings. The lowest BCUT2D eigenvalue weighted by atomic mass is 10.1. The third kappa shape index (κ3) is 13.1. The Morgan fingerprint density at radius 3 is 1.95 bits per heavy atom. The summed E-state index contributed by atoms with van der Waals surface area (Å²) in [6.07, 6.45) is 3.26. The van der Waals surface area contributed by atoms with Crippen molar-refractivity contribution in [3.63, 3.8) is 0 Å². The highest BCUT2D eigenvalue weighted by molar-refractivity contribution is 5.80. The Balaban J connectivity index is 3.43. The van der Waals surface area contributed by atoms with Crippen molar-refractivity contribution in [2.24, 2.45) is 0 Å². The van der Waals surface area contributed by atoms with Gasteiger partial charge in [0.15, 0.2) is 0 Å². The molecule has 0 aromatic carbocycles. The Hall–Kier alpha value is -1.67. The SMILES string of the molecule is O=C(O)CCNCCCCCCNC(CC(=O)O)C(=O)O. The molecule has 0 fully saturated rings. The molecule has 122 valence electrons. The van der Waals surface area contributed by atoms with Gasteiger partial charge >= 0.3 is 17.9 Å². The zero-order valence-corrected chi connectivity index (χ0v) is 12.0. The van der Waals surface area contributed by atoms with Crippen molar-refractivity contribution < 1.29 is 29.7 Å². The number of carboxylic acid groups (broad SMARTS) is 3. The highest BCUT2D eigenvalue weighted by atomic mass is 16.4. The molecule has 0 rings (SSSR count).